The molecule has 2 rings (SSSR count). The number of benzene rings is 1. The predicted molar refractivity (Wildman–Crippen MR) is 77.3 cm³/mol. The molecule has 0 bridgehead atoms. The fraction of sp³-hybridized carbons (Fsp3) is 0.467. The van der Waals surface area contributed by atoms with E-state index in [0.29, 0.717) is 19.0 Å². The van der Waals surface area contributed by atoms with Crippen LogP contribution < -0.4 is 16.0 Å². The van der Waals surface area contributed by atoms with Crippen molar-refractivity contribution in [1.82, 2.24) is 16.0 Å². The van der Waals surface area contributed by atoms with Crippen molar-refractivity contribution in [2.75, 3.05) is 19.6 Å². The van der Waals surface area contributed by atoms with E-state index >= 15 is 0 Å². The van der Waals surface area contributed by atoms with Gasteiger partial charge in [0.15, 0.2) is 0 Å². The van der Waals surface area contributed by atoms with E-state index in [1.807, 2.05) is 18.2 Å². The normalized spacial score (nSPS) is 20.1. The first-order valence-corrected chi connectivity index (χ1v) is 6.99. The molecule has 1 aliphatic heterocycles. The van der Waals surface area contributed by atoms with Crippen LogP contribution in [-0.4, -0.2) is 37.5 Å². The fourth-order valence-corrected chi connectivity index (χ4v) is 2.24. The Morgan fingerprint density at radius 2 is 2.15 bits per heavy atom. The van der Waals surface area contributed by atoms with Gasteiger partial charge in [-0.1, -0.05) is 37.3 Å². The molecule has 2 atom stereocenters. The van der Waals surface area contributed by atoms with Crippen LogP contribution in [0.25, 0.3) is 0 Å². The Kier molecular flexibility index (Phi) is 5.12. The Bertz CT molecular complexity index is 451. The molecular weight excluding hydrogens is 254 g/mol. The first-order chi connectivity index (χ1) is 9.66. The summed E-state index contributed by atoms with van der Waals surface area (Å²) < 4.78 is 0. The molecular formula is C15H21N3O2. The highest BCUT2D eigenvalue weighted by atomic mass is 16.2. The Morgan fingerprint density at radius 1 is 1.40 bits per heavy atom. The quantitative estimate of drug-likeness (QED) is 0.728. The lowest BCUT2D eigenvalue weighted by atomic mass is 9.98. The van der Waals surface area contributed by atoms with E-state index in [2.05, 4.69) is 35.0 Å². The summed E-state index contributed by atoms with van der Waals surface area (Å²) >= 11 is 0. The third kappa shape index (κ3) is 4.06. The van der Waals surface area contributed by atoms with Gasteiger partial charge in [0.25, 0.3) is 0 Å². The van der Waals surface area contributed by atoms with E-state index in [0.717, 1.165) is 6.42 Å². The van der Waals surface area contributed by atoms with Gasteiger partial charge in [-0.05, 0) is 17.9 Å². The summed E-state index contributed by atoms with van der Waals surface area (Å²) in [7, 11) is 0. The van der Waals surface area contributed by atoms with Crippen LogP contribution in [-0.2, 0) is 9.59 Å². The van der Waals surface area contributed by atoms with Gasteiger partial charge in [0.2, 0.25) is 11.8 Å². The molecule has 2 unspecified atom stereocenters. The lowest BCUT2D eigenvalue weighted by Crippen LogP contribution is -2.58. The van der Waals surface area contributed by atoms with Gasteiger partial charge in [-0.25, -0.2) is 0 Å². The minimum absolute atomic E-state index is 0.0507. The number of hydrogen-bond acceptors (Lipinski definition) is 3. The molecule has 1 fully saturated rings. The summed E-state index contributed by atoms with van der Waals surface area (Å²) in [5.74, 6) is 0.299. The number of piperazine rings is 1. The highest BCUT2D eigenvalue weighted by molar-refractivity contribution is 5.86. The number of amides is 2. The second kappa shape index (κ2) is 7.05. The van der Waals surface area contributed by atoms with Gasteiger partial charge in [0.05, 0.1) is 6.54 Å². The zero-order valence-corrected chi connectivity index (χ0v) is 11.7. The largest absolute Gasteiger partial charge is 0.355 e. The van der Waals surface area contributed by atoms with E-state index in [1.165, 1.54) is 5.56 Å². The van der Waals surface area contributed by atoms with E-state index in [9.17, 15) is 9.59 Å². The number of carbonyl (C=O) groups excluding carboxylic acids is 2. The molecule has 0 saturated carbocycles. The standard InChI is InChI=1S/C15H21N3O2/c1-11(12-5-3-2-4-6-12)7-8-16-15(20)13-9-18-14(19)10-17-13/h2-6,11,13,17H,7-10H2,1H3,(H,16,20)(H,18,19). The molecule has 0 radical (unpaired) electrons. The maximum atomic E-state index is 11.9. The number of carbonyl (C=O) groups is 2. The zero-order chi connectivity index (χ0) is 14.4. The van der Waals surface area contributed by atoms with Crippen LogP contribution in [0.5, 0.6) is 0 Å². The molecule has 3 N–H and O–H groups in total. The highest BCUT2D eigenvalue weighted by Gasteiger charge is 2.23. The summed E-state index contributed by atoms with van der Waals surface area (Å²) in [6.45, 7) is 3.36. The van der Waals surface area contributed by atoms with E-state index < -0.39 is 0 Å². The smallest absolute Gasteiger partial charge is 0.238 e. The van der Waals surface area contributed by atoms with Crippen LogP contribution in [0.1, 0.15) is 24.8 Å². The summed E-state index contributed by atoms with van der Waals surface area (Å²) in [5, 5.41) is 8.51. The van der Waals surface area contributed by atoms with E-state index in [-0.39, 0.29) is 24.4 Å². The maximum absolute atomic E-state index is 11.9. The fourth-order valence-electron chi connectivity index (χ4n) is 2.24. The van der Waals surface area contributed by atoms with Crippen LogP contribution in [0.15, 0.2) is 30.3 Å². The number of hydrogen-bond donors (Lipinski definition) is 3. The van der Waals surface area contributed by atoms with Crippen LogP contribution in [0.3, 0.4) is 0 Å². The minimum Gasteiger partial charge on any atom is -0.355 e. The molecule has 5 nitrogen and oxygen atoms in total. The monoisotopic (exact) mass is 275 g/mol. The van der Waals surface area contributed by atoms with Crippen molar-refractivity contribution in [2.45, 2.75) is 25.3 Å². The van der Waals surface area contributed by atoms with Crippen molar-refractivity contribution in [3.8, 4) is 0 Å². The molecule has 0 aliphatic carbocycles. The average molecular weight is 275 g/mol. The van der Waals surface area contributed by atoms with Crippen molar-refractivity contribution < 1.29 is 9.59 Å². The van der Waals surface area contributed by atoms with Gasteiger partial charge in [-0.15, -0.1) is 0 Å². The molecule has 1 aromatic rings. The minimum atomic E-state index is -0.320. The molecule has 1 heterocycles. The topological polar surface area (TPSA) is 70.2 Å². The van der Waals surface area contributed by atoms with Crippen LogP contribution in [0.2, 0.25) is 0 Å². The van der Waals surface area contributed by atoms with E-state index in [1.54, 1.807) is 0 Å². The lowest BCUT2D eigenvalue weighted by Gasteiger charge is -2.23. The van der Waals surface area contributed by atoms with Gasteiger partial charge in [-0.2, -0.15) is 0 Å². The molecule has 1 aromatic carbocycles. The molecule has 20 heavy (non-hydrogen) atoms. The van der Waals surface area contributed by atoms with Crippen molar-refractivity contribution >= 4 is 11.8 Å². The molecule has 0 spiro atoms. The Labute approximate surface area is 119 Å². The zero-order valence-electron chi connectivity index (χ0n) is 11.7. The van der Waals surface area contributed by atoms with Crippen LogP contribution in [0.4, 0.5) is 0 Å². The SMILES string of the molecule is CC(CCNC(=O)C1CNC(=O)CN1)c1ccccc1. The van der Waals surface area contributed by atoms with E-state index in [4.69, 9.17) is 0 Å². The van der Waals surface area contributed by atoms with Gasteiger partial charge in [0, 0.05) is 13.1 Å². The van der Waals surface area contributed by atoms with Crippen molar-refractivity contribution in [1.29, 1.82) is 0 Å². The maximum Gasteiger partial charge on any atom is 0.238 e. The summed E-state index contributed by atoms with van der Waals surface area (Å²) in [4.78, 5) is 22.9. The average Bonchev–Trinajstić information content (AvgIpc) is 2.48. The van der Waals surface area contributed by atoms with Gasteiger partial charge < -0.3 is 10.6 Å². The third-order valence-electron chi connectivity index (χ3n) is 3.57. The first kappa shape index (κ1) is 14.5. The van der Waals surface area contributed by atoms with Crippen molar-refractivity contribution in [3.05, 3.63) is 35.9 Å². The summed E-state index contributed by atoms with van der Waals surface area (Å²) in [6.07, 6.45) is 0.898. The molecule has 108 valence electrons. The van der Waals surface area contributed by atoms with Gasteiger partial charge in [0.1, 0.15) is 6.04 Å². The molecule has 2 amide bonds. The molecule has 5 heteroatoms. The second-order valence-electron chi connectivity index (χ2n) is 5.13. The first-order valence-electron chi connectivity index (χ1n) is 6.99. The highest BCUT2D eigenvalue weighted by Crippen LogP contribution is 2.17. The molecule has 1 saturated heterocycles. The summed E-state index contributed by atoms with van der Waals surface area (Å²) in [6, 6.07) is 9.94. The Morgan fingerprint density at radius 3 is 2.80 bits per heavy atom. The number of nitrogens with one attached hydrogen (secondary N) is 3. The van der Waals surface area contributed by atoms with Gasteiger partial charge in [-0.3, -0.25) is 14.9 Å². The lowest BCUT2D eigenvalue weighted by molar-refractivity contribution is -0.126. The second-order valence-corrected chi connectivity index (χ2v) is 5.13. The molecule has 1 aliphatic rings. The van der Waals surface area contributed by atoms with Crippen LogP contribution in [0, 0.1) is 0 Å². The van der Waals surface area contributed by atoms with Crippen LogP contribution >= 0.6 is 0 Å². The number of rotatable bonds is 5. The Balaban J connectivity index is 1.70. The third-order valence-corrected chi connectivity index (χ3v) is 3.57. The van der Waals surface area contributed by atoms with Crippen molar-refractivity contribution in [3.63, 3.8) is 0 Å². The molecule has 0 aromatic heterocycles. The summed E-state index contributed by atoms with van der Waals surface area (Å²) in [5.41, 5.74) is 1.28. The van der Waals surface area contributed by atoms with Crippen molar-refractivity contribution in [2.24, 2.45) is 0 Å². The predicted octanol–water partition coefficient (Wildman–Crippen LogP) is 0.384. The Hall–Kier alpha value is -1.88. The van der Waals surface area contributed by atoms with Gasteiger partial charge >= 0.3 is 0 Å².